The van der Waals surface area contributed by atoms with Crippen molar-refractivity contribution in [3.8, 4) is 0 Å². The molecule has 2 N–H and O–H groups in total. The highest BCUT2D eigenvalue weighted by Gasteiger charge is 2.92. The van der Waals surface area contributed by atoms with Gasteiger partial charge in [0.25, 0.3) is 0 Å². The number of fused-ring (bicyclic) bond motifs is 2. The van der Waals surface area contributed by atoms with E-state index in [1.165, 1.54) is 21.0 Å². The fraction of sp³-hybridized carbons (Fsp3) is 0.750. The molecule has 15 atom stereocenters. The Hall–Kier alpha value is -2.65. The minimum absolute atomic E-state index is 0.0534. The first-order chi connectivity index (χ1) is 23.4. The highest BCUT2D eigenvalue weighted by Crippen LogP contribution is 2.80. The third kappa shape index (κ3) is 4.21. The van der Waals surface area contributed by atoms with Gasteiger partial charge in [-0.1, -0.05) is 25.1 Å². The molecule has 7 rings (SSSR count). The van der Waals surface area contributed by atoms with Gasteiger partial charge in [0.1, 0.15) is 30.0 Å². The number of rotatable bonds is 10. The lowest BCUT2D eigenvalue weighted by Gasteiger charge is -2.70. The monoisotopic (exact) mass is 687 g/mol. The Morgan fingerprint density at radius 1 is 0.918 bits per heavy atom. The second-order valence-corrected chi connectivity index (χ2v) is 15.0. The number of hydrogen-bond acceptors (Lipinski definition) is 13. The van der Waals surface area contributed by atoms with Gasteiger partial charge >= 0.3 is 17.9 Å². The smallest absolute Gasteiger partial charge is 0.338 e. The van der Waals surface area contributed by atoms with Crippen molar-refractivity contribution in [1.82, 2.24) is 4.90 Å². The second kappa shape index (κ2) is 12.0. The van der Waals surface area contributed by atoms with E-state index in [9.17, 15) is 24.6 Å². The van der Waals surface area contributed by atoms with Crippen molar-refractivity contribution in [2.45, 2.75) is 87.5 Å². The van der Waals surface area contributed by atoms with Crippen molar-refractivity contribution in [3.63, 3.8) is 0 Å². The molecule has 6 aliphatic rings. The maximum atomic E-state index is 13.8. The molecule has 270 valence electrons. The van der Waals surface area contributed by atoms with E-state index in [0.29, 0.717) is 19.5 Å². The highest BCUT2D eigenvalue weighted by atomic mass is 16.6. The van der Waals surface area contributed by atoms with E-state index in [0.717, 1.165) is 0 Å². The largest absolute Gasteiger partial charge is 0.462 e. The van der Waals surface area contributed by atoms with E-state index in [1.54, 1.807) is 51.7 Å². The van der Waals surface area contributed by atoms with Crippen LogP contribution in [0, 0.1) is 34.5 Å². The molecule has 1 aromatic rings. The maximum Gasteiger partial charge on any atom is 0.338 e. The van der Waals surface area contributed by atoms with Crippen molar-refractivity contribution < 1.29 is 57.8 Å². The molecule has 5 aliphatic carbocycles. The van der Waals surface area contributed by atoms with Crippen LogP contribution in [0.2, 0.25) is 0 Å². The Morgan fingerprint density at radius 2 is 1.63 bits per heavy atom. The number of aliphatic hydroxyl groups is 2. The Bertz CT molecular complexity index is 1480. The Labute approximate surface area is 286 Å². The average molecular weight is 688 g/mol. The second-order valence-electron chi connectivity index (χ2n) is 15.0. The lowest BCUT2D eigenvalue weighted by atomic mass is 9.42. The molecule has 0 aromatic heterocycles. The first-order valence-electron chi connectivity index (χ1n) is 17.2. The number of methoxy groups -OCH3 is 4. The molecule has 0 amide bonds. The van der Waals surface area contributed by atoms with E-state index in [-0.39, 0.29) is 24.6 Å². The number of hydrogen-bond donors (Lipinski definition) is 2. The van der Waals surface area contributed by atoms with E-state index in [2.05, 4.69) is 4.90 Å². The average Bonchev–Trinajstić information content (AvgIpc) is 3.44. The lowest BCUT2D eigenvalue weighted by Crippen LogP contribution is -2.81. The predicted octanol–water partition coefficient (Wildman–Crippen LogP) is 1.22. The van der Waals surface area contributed by atoms with Crippen molar-refractivity contribution in [2.75, 3.05) is 48.1 Å². The topological polar surface area (TPSA) is 160 Å². The number of likely N-dealkylation sites (tertiary alicyclic amines) is 1. The van der Waals surface area contributed by atoms with E-state index in [4.69, 9.17) is 33.2 Å². The molecule has 1 spiro atoms. The first kappa shape index (κ1) is 34.8. The number of nitrogens with zero attached hydrogens (tertiary/aromatic N) is 1. The number of carbonyl (C=O) groups excluding carboxylic acids is 3. The number of carbonyl (C=O) groups is 3. The minimum atomic E-state index is -1.86. The molecule has 1 heterocycles. The normalized spacial score (nSPS) is 47.4. The molecule has 5 saturated carbocycles. The van der Waals surface area contributed by atoms with E-state index in [1.807, 2.05) is 6.92 Å². The van der Waals surface area contributed by atoms with Gasteiger partial charge in [0, 0.05) is 89.9 Å². The molecule has 0 radical (unpaired) electrons. The summed E-state index contributed by atoms with van der Waals surface area (Å²) in [5.41, 5.74) is -4.92. The number of benzene rings is 1. The number of ether oxygens (including phenoxy) is 7. The van der Waals surface area contributed by atoms with Gasteiger partial charge in [0.15, 0.2) is 5.60 Å². The third-order valence-corrected chi connectivity index (χ3v) is 13.4. The van der Waals surface area contributed by atoms with Crippen LogP contribution in [0.1, 0.15) is 44.0 Å². The van der Waals surface area contributed by atoms with Crippen LogP contribution >= 0.6 is 0 Å². The molecule has 1 saturated heterocycles. The van der Waals surface area contributed by atoms with E-state index >= 15 is 0 Å². The van der Waals surface area contributed by atoms with Crippen LogP contribution in [0.5, 0.6) is 0 Å². The van der Waals surface area contributed by atoms with Gasteiger partial charge in [-0.25, -0.2) is 4.79 Å². The SMILES string of the molecule is CCN1C[C@@]2(COC)[C@H]3C(OC)C4[C@@H]1[C@]3([C@@H](OC)C[C@H]2OC(C)=O)[C@@H]1C[C@@]2(O)[C@H](OC(=O)c3ccccc3)[C@@H]1[C@]4(OC(C)=O)[C@@H](O)[C@@H]2OC. The molecule has 1 aromatic carbocycles. The quantitative estimate of drug-likeness (QED) is 0.267. The van der Waals surface area contributed by atoms with Crippen LogP contribution in [0.25, 0.3) is 0 Å². The number of piperidine rings is 1. The van der Waals surface area contributed by atoms with Crippen molar-refractivity contribution in [1.29, 1.82) is 0 Å². The summed E-state index contributed by atoms with van der Waals surface area (Å²) in [6, 6.07) is 8.12. The Balaban J connectivity index is 1.53. The molecule has 6 fully saturated rings. The van der Waals surface area contributed by atoms with E-state index < -0.39 is 100 Å². The summed E-state index contributed by atoms with van der Waals surface area (Å²) >= 11 is 0. The molecule has 13 nitrogen and oxygen atoms in total. The van der Waals surface area contributed by atoms with Gasteiger partial charge in [-0.2, -0.15) is 0 Å². The summed E-state index contributed by atoms with van der Waals surface area (Å²) in [5.74, 6) is -4.24. The molecule has 2 unspecified atom stereocenters. The first-order valence-corrected chi connectivity index (χ1v) is 17.2. The third-order valence-electron chi connectivity index (χ3n) is 13.4. The summed E-state index contributed by atoms with van der Waals surface area (Å²) in [7, 11) is 6.25. The van der Waals surface area contributed by atoms with Crippen molar-refractivity contribution in [3.05, 3.63) is 35.9 Å². The van der Waals surface area contributed by atoms with Crippen LogP contribution < -0.4 is 0 Å². The molecule has 1 aliphatic heterocycles. The summed E-state index contributed by atoms with van der Waals surface area (Å²) in [4.78, 5) is 42.2. The lowest BCUT2D eigenvalue weighted by molar-refractivity contribution is -0.322. The molecular weight excluding hydrogens is 638 g/mol. The van der Waals surface area contributed by atoms with Crippen LogP contribution in [0.4, 0.5) is 0 Å². The standard InChI is InChI=1S/C36H49NO12/c1-8-37-16-33(17-43-4)22(47-18(2)38)14-23(44-5)35-21-15-34(42)30(48-32(41)20-12-10-9-11-13-20)24(21)36(49-19(3)39,29(40)31(34)46-7)25(28(35)37)26(45-6)27(33)35/h9-13,21-31,40,42H,8,14-17H2,1-7H3/t21-,22-,23+,24-,25?,26?,27-,28-,29+,30-,31+,33+,34-,35+,36-/m1/s1. The van der Waals surface area contributed by atoms with Gasteiger partial charge in [-0.15, -0.1) is 0 Å². The molecule has 49 heavy (non-hydrogen) atoms. The van der Waals surface area contributed by atoms with Gasteiger partial charge in [-0.3, -0.25) is 14.5 Å². The summed E-state index contributed by atoms with van der Waals surface area (Å²) in [5, 5.41) is 25.5. The summed E-state index contributed by atoms with van der Waals surface area (Å²) < 4.78 is 43.9. The predicted molar refractivity (Wildman–Crippen MR) is 170 cm³/mol. The molecule has 7 bridgehead atoms. The number of esters is 3. The van der Waals surface area contributed by atoms with Crippen LogP contribution in [-0.2, 0) is 42.7 Å². The highest BCUT2D eigenvalue weighted by molar-refractivity contribution is 5.89. The summed E-state index contributed by atoms with van der Waals surface area (Å²) in [6.45, 7) is 5.99. The molecule has 13 heteroatoms. The van der Waals surface area contributed by atoms with Gasteiger partial charge < -0.3 is 43.4 Å². The van der Waals surface area contributed by atoms with Gasteiger partial charge in [0.05, 0.1) is 24.4 Å². The van der Waals surface area contributed by atoms with Crippen molar-refractivity contribution in [2.24, 2.45) is 34.5 Å². The molecular formula is C36H49NO12. The van der Waals surface area contributed by atoms with Crippen LogP contribution in [-0.4, -0.2) is 135 Å². The zero-order valence-corrected chi connectivity index (χ0v) is 29.2. The van der Waals surface area contributed by atoms with Crippen LogP contribution in [0.3, 0.4) is 0 Å². The van der Waals surface area contributed by atoms with Crippen molar-refractivity contribution >= 4 is 17.9 Å². The number of aliphatic hydroxyl groups excluding tert-OH is 1. The fourth-order valence-corrected chi connectivity index (χ4v) is 12.7. The van der Waals surface area contributed by atoms with Gasteiger partial charge in [-0.05, 0) is 31.0 Å². The Morgan fingerprint density at radius 3 is 2.20 bits per heavy atom. The zero-order chi connectivity index (χ0) is 35.3. The Kier molecular flexibility index (Phi) is 8.49. The maximum absolute atomic E-state index is 13.8. The summed E-state index contributed by atoms with van der Waals surface area (Å²) in [6.07, 6.45) is -5.45. The fourth-order valence-electron chi connectivity index (χ4n) is 12.7. The zero-order valence-electron chi connectivity index (χ0n) is 29.2. The van der Waals surface area contributed by atoms with Gasteiger partial charge in [0.2, 0.25) is 0 Å². The minimum Gasteiger partial charge on any atom is -0.462 e. The van der Waals surface area contributed by atoms with Crippen LogP contribution in [0.15, 0.2) is 30.3 Å².